The third kappa shape index (κ3) is 3.59. The van der Waals surface area contributed by atoms with E-state index in [0.717, 1.165) is 52.7 Å². The van der Waals surface area contributed by atoms with E-state index >= 15 is 0 Å². The van der Waals surface area contributed by atoms with E-state index in [1.807, 2.05) is 49.6 Å². The van der Waals surface area contributed by atoms with Crippen LogP contribution in [0.1, 0.15) is 6.42 Å². The number of anilines is 1. The van der Waals surface area contributed by atoms with E-state index in [2.05, 4.69) is 40.4 Å². The molecule has 2 aromatic heterocycles. The molecule has 0 spiro atoms. The van der Waals surface area contributed by atoms with Crippen molar-refractivity contribution in [2.75, 3.05) is 32.1 Å². The van der Waals surface area contributed by atoms with Gasteiger partial charge in [-0.05, 0) is 44.3 Å². The van der Waals surface area contributed by atoms with Crippen molar-refractivity contribution in [3.8, 4) is 11.4 Å². The first-order valence-corrected chi connectivity index (χ1v) is 9.24. The summed E-state index contributed by atoms with van der Waals surface area (Å²) in [6, 6.07) is 18.4. The Bertz CT molecular complexity index is 1080. The minimum Gasteiger partial charge on any atom is -0.359 e. The lowest BCUT2D eigenvalue weighted by atomic mass is 10.1. The summed E-state index contributed by atoms with van der Waals surface area (Å²) < 4.78 is 0. The SMILES string of the molecule is CNCCCN(C)c1nc(-c2cnc3ccccc3c2)nc2ccccc12. The standard InChI is InChI=1S/C22H23N5/c1-23-12-7-13-27(2)22-18-9-4-6-11-20(18)25-21(26-22)17-14-16-8-3-5-10-19(16)24-15-17/h3-6,8-11,14-15,23H,7,12-13H2,1-2H3. The van der Waals surface area contributed by atoms with Crippen LogP contribution >= 0.6 is 0 Å². The number of hydrogen-bond acceptors (Lipinski definition) is 5. The molecule has 0 amide bonds. The van der Waals surface area contributed by atoms with Gasteiger partial charge in [-0.1, -0.05) is 30.3 Å². The maximum absolute atomic E-state index is 4.91. The third-order valence-corrected chi connectivity index (χ3v) is 4.71. The van der Waals surface area contributed by atoms with Crippen molar-refractivity contribution in [3.63, 3.8) is 0 Å². The maximum Gasteiger partial charge on any atom is 0.163 e. The lowest BCUT2D eigenvalue weighted by molar-refractivity contribution is 0.710. The van der Waals surface area contributed by atoms with Gasteiger partial charge in [0.1, 0.15) is 5.82 Å². The van der Waals surface area contributed by atoms with Crippen LogP contribution in [-0.2, 0) is 0 Å². The predicted octanol–water partition coefficient (Wildman–Crippen LogP) is 3.89. The Labute approximate surface area is 159 Å². The molecule has 0 aliphatic carbocycles. The minimum absolute atomic E-state index is 0.711. The summed E-state index contributed by atoms with van der Waals surface area (Å²) in [6.45, 7) is 1.91. The van der Waals surface area contributed by atoms with Crippen molar-refractivity contribution in [2.24, 2.45) is 0 Å². The smallest absolute Gasteiger partial charge is 0.163 e. The molecule has 0 saturated heterocycles. The first-order valence-electron chi connectivity index (χ1n) is 9.24. The van der Waals surface area contributed by atoms with Gasteiger partial charge in [0.2, 0.25) is 0 Å². The van der Waals surface area contributed by atoms with Gasteiger partial charge in [-0.3, -0.25) is 4.98 Å². The quantitative estimate of drug-likeness (QED) is 0.531. The molecule has 0 unspecified atom stereocenters. The summed E-state index contributed by atoms with van der Waals surface area (Å²) in [4.78, 5) is 16.5. The Morgan fingerprint density at radius 1 is 0.963 bits per heavy atom. The highest BCUT2D eigenvalue weighted by molar-refractivity contribution is 5.91. The molecule has 4 aromatic rings. The van der Waals surface area contributed by atoms with E-state index in [1.54, 1.807) is 0 Å². The van der Waals surface area contributed by atoms with Gasteiger partial charge in [-0.15, -0.1) is 0 Å². The number of nitrogens with one attached hydrogen (secondary N) is 1. The molecule has 2 heterocycles. The second kappa shape index (κ2) is 7.68. The fraction of sp³-hybridized carbons (Fsp3) is 0.227. The topological polar surface area (TPSA) is 53.9 Å². The second-order valence-electron chi connectivity index (χ2n) is 6.68. The van der Waals surface area contributed by atoms with Gasteiger partial charge in [0.05, 0.1) is 11.0 Å². The number of nitrogens with zero attached hydrogens (tertiary/aromatic N) is 4. The van der Waals surface area contributed by atoms with Crippen LogP contribution in [0.4, 0.5) is 5.82 Å². The number of hydrogen-bond donors (Lipinski definition) is 1. The Hall–Kier alpha value is -3.05. The van der Waals surface area contributed by atoms with Gasteiger partial charge in [-0.2, -0.15) is 0 Å². The van der Waals surface area contributed by atoms with Crippen molar-refractivity contribution < 1.29 is 0 Å². The van der Waals surface area contributed by atoms with Crippen molar-refractivity contribution in [2.45, 2.75) is 6.42 Å². The Morgan fingerprint density at radius 2 is 1.74 bits per heavy atom. The lowest BCUT2D eigenvalue weighted by Gasteiger charge is -2.20. The Kier molecular flexibility index (Phi) is 4.94. The van der Waals surface area contributed by atoms with E-state index in [9.17, 15) is 0 Å². The first-order chi connectivity index (χ1) is 13.3. The maximum atomic E-state index is 4.91. The molecule has 0 aliphatic rings. The molecule has 2 aromatic carbocycles. The summed E-state index contributed by atoms with van der Waals surface area (Å²) in [5, 5.41) is 5.36. The molecule has 136 valence electrons. The van der Waals surface area contributed by atoms with Gasteiger partial charge in [0.15, 0.2) is 5.82 Å². The largest absolute Gasteiger partial charge is 0.359 e. The van der Waals surface area contributed by atoms with E-state index in [1.165, 1.54) is 0 Å². The molecule has 0 atom stereocenters. The number of benzene rings is 2. The summed E-state index contributed by atoms with van der Waals surface area (Å²) in [5.41, 5.74) is 2.86. The minimum atomic E-state index is 0.711. The van der Waals surface area contributed by atoms with Crippen LogP contribution in [0.15, 0.2) is 60.8 Å². The van der Waals surface area contributed by atoms with Crippen molar-refractivity contribution in [1.29, 1.82) is 0 Å². The monoisotopic (exact) mass is 357 g/mol. The zero-order valence-corrected chi connectivity index (χ0v) is 15.7. The molecule has 0 radical (unpaired) electrons. The zero-order chi connectivity index (χ0) is 18.6. The van der Waals surface area contributed by atoms with Gasteiger partial charge < -0.3 is 10.2 Å². The van der Waals surface area contributed by atoms with E-state index in [-0.39, 0.29) is 0 Å². The fourth-order valence-corrected chi connectivity index (χ4v) is 3.27. The van der Waals surface area contributed by atoms with Crippen molar-refractivity contribution in [3.05, 3.63) is 60.8 Å². The average Bonchev–Trinajstić information content (AvgIpc) is 2.72. The Morgan fingerprint density at radius 3 is 2.59 bits per heavy atom. The zero-order valence-electron chi connectivity index (χ0n) is 15.7. The molecule has 4 rings (SSSR count). The molecule has 5 nitrogen and oxygen atoms in total. The van der Waals surface area contributed by atoms with Crippen LogP contribution in [0.3, 0.4) is 0 Å². The molecule has 0 aliphatic heterocycles. The highest BCUT2D eigenvalue weighted by Crippen LogP contribution is 2.28. The van der Waals surface area contributed by atoms with E-state index in [4.69, 9.17) is 9.97 Å². The van der Waals surface area contributed by atoms with E-state index in [0.29, 0.717) is 5.82 Å². The van der Waals surface area contributed by atoms with Crippen LogP contribution in [0.5, 0.6) is 0 Å². The molecule has 27 heavy (non-hydrogen) atoms. The van der Waals surface area contributed by atoms with Crippen LogP contribution in [0.2, 0.25) is 0 Å². The molecular weight excluding hydrogens is 334 g/mol. The van der Waals surface area contributed by atoms with Crippen LogP contribution in [0.25, 0.3) is 33.2 Å². The number of aromatic nitrogens is 3. The van der Waals surface area contributed by atoms with Crippen LogP contribution < -0.4 is 10.2 Å². The van der Waals surface area contributed by atoms with Gasteiger partial charge in [-0.25, -0.2) is 9.97 Å². The normalized spacial score (nSPS) is 11.2. The molecule has 0 saturated carbocycles. The highest BCUT2D eigenvalue weighted by atomic mass is 15.2. The first kappa shape index (κ1) is 17.4. The lowest BCUT2D eigenvalue weighted by Crippen LogP contribution is -2.23. The van der Waals surface area contributed by atoms with Crippen molar-refractivity contribution in [1.82, 2.24) is 20.3 Å². The third-order valence-electron chi connectivity index (χ3n) is 4.71. The molecule has 5 heteroatoms. The van der Waals surface area contributed by atoms with Crippen LogP contribution in [0, 0.1) is 0 Å². The van der Waals surface area contributed by atoms with Gasteiger partial charge >= 0.3 is 0 Å². The summed E-state index contributed by atoms with van der Waals surface area (Å²) >= 11 is 0. The molecule has 1 N–H and O–H groups in total. The summed E-state index contributed by atoms with van der Waals surface area (Å²) in [7, 11) is 4.07. The summed E-state index contributed by atoms with van der Waals surface area (Å²) in [6.07, 6.45) is 2.91. The van der Waals surface area contributed by atoms with Gasteiger partial charge in [0, 0.05) is 36.1 Å². The number of pyridine rings is 1. The predicted molar refractivity (Wildman–Crippen MR) is 112 cm³/mol. The van der Waals surface area contributed by atoms with Crippen LogP contribution in [-0.4, -0.2) is 42.1 Å². The van der Waals surface area contributed by atoms with Gasteiger partial charge in [0.25, 0.3) is 0 Å². The Balaban J connectivity index is 1.80. The summed E-state index contributed by atoms with van der Waals surface area (Å²) in [5.74, 6) is 1.67. The molecule has 0 fully saturated rings. The second-order valence-corrected chi connectivity index (χ2v) is 6.68. The average molecular weight is 357 g/mol. The highest BCUT2D eigenvalue weighted by Gasteiger charge is 2.13. The van der Waals surface area contributed by atoms with Crippen molar-refractivity contribution >= 4 is 27.6 Å². The molecule has 0 bridgehead atoms. The number of para-hydroxylation sites is 2. The van der Waals surface area contributed by atoms with E-state index < -0.39 is 0 Å². The molecular formula is C22H23N5. The number of fused-ring (bicyclic) bond motifs is 2. The number of rotatable bonds is 6. The fourth-order valence-electron chi connectivity index (χ4n) is 3.27.